The van der Waals surface area contributed by atoms with Gasteiger partial charge in [-0.2, -0.15) is 0 Å². The summed E-state index contributed by atoms with van der Waals surface area (Å²) in [6.45, 7) is 0.672. The molecule has 9 rings (SSSR count). The molecule has 0 saturated carbocycles. The number of anilines is 1. The van der Waals surface area contributed by atoms with E-state index in [2.05, 4.69) is 154 Å². The zero-order valence-electron chi connectivity index (χ0n) is 25.9. The first-order chi connectivity index (χ1) is 23.3. The molecule has 47 heavy (non-hydrogen) atoms. The van der Waals surface area contributed by atoms with E-state index in [0.29, 0.717) is 6.54 Å². The molecule has 2 aromatic heterocycles. The van der Waals surface area contributed by atoms with Crippen LogP contribution in [0.2, 0.25) is 0 Å². The smallest absolute Gasteiger partial charge is 0.144 e. The second-order valence-electron chi connectivity index (χ2n) is 11.9. The molecular formula is C43H31N3O. The monoisotopic (exact) mass is 605 g/mol. The van der Waals surface area contributed by atoms with E-state index in [1.54, 1.807) is 0 Å². The quantitative estimate of drug-likeness (QED) is 0.192. The standard InChI is InChI=1S/C43H31N3O/c1-44-41(29-15-3-2-4-16-29)33-20-7-10-23-36(33)45-27-28-14-13-17-30(26-28)46-37-24-11-8-21-34(37)39-40-35-22-9-12-25-38(35)47-43(40)32-19-6-5-18-31(32)42(39)46/h2-26,45H,27H2,1H3. The first kappa shape index (κ1) is 27.2. The van der Waals surface area contributed by atoms with Crippen LogP contribution in [0.1, 0.15) is 16.7 Å². The van der Waals surface area contributed by atoms with Crippen LogP contribution in [-0.4, -0.2) is 17.3 Å². The molecule has 1 N–H and O–H groups in total. The highest BCUT2D eigenvalue weighted by molar-refractivity contribution is 6.36. The average molecular weight is 606 g/mol. The van der Waals surface area contributed by atoms with Crippen LogP contribution in [0, 0.1) is 0 Å². The molecule has 0 aliphatic carbocycles. The molecule has 0 unspecified atom stereocenters. The molecule has 7 aromatic carbocycles. The number of aliphatic imine (C=N–C) groups is 1. The maximum absolute atomic E-state index is 6.57. The van der Waals surface area contributed by atoms with Crippen molar-refractivity contribution in [2.24, 2.45) is 4.99 Å². The SMILES string of the molecule is CN=C(c1ccccc1)c1ccccc1NCc1cccc(-n2c3ccccc3c3c4c5ccccc5oc4c4ccccc4c32)c1. The Hall–Kier alpha value is -6.13. The van der Waals surface area contributed by atoms with Crippen molar-refractivity contribution in [3.05, 3.63) is 168 Å². The van der Waals surface area contributed by atoms with Crippen LogP contribution >= 0.6 is 0 Å². The summed E-state index contributed by atoms with van der Waals surface area (Å²) in [6.07, 6.45) is 0. The van der Waals surface area contributed by atoms with Gasteiger partial charge in [0.05, 0.1) is 16.7 Å². The third-order valence-corrected chi connectivity index (χ3v) is 9.25. The van der Waals surface area contributed by atoms with Gasteiger partial charge in [-0.05, 0) is 35.9 Å². The van der Waals surface area contributed by atoms with E-state index in [1.165, 1.54) is 38.1 Å². The molecule has 0 bridgehead atoms. The maximum atomic E-state index is 6.57. The molecule has 0 amide bonds. The Morgan fingerprint density at radius 2 is 1.34 bits per heavy atom. The van der Waals surface area contributed by atoms with Gasteiger partial charge in [0.1, 0.15) is 11.2 Å². The van der Waals surface area contributed by atoms with E-state index in [0.717, 1.165) is 50.2 Å². The molecule has 0 radical (unpaired) electrons. The molecule has 224 valence electrons. The topological polar surface area (TPSA) is 42.5 Å². The fraction of sp³-hybridized carbons (Fsp3) is 0.0465. The number of hydrogen-bond donors (Lipinski definition) is 1. The second-order valence-corrected chi connectivity index (χ2v) is 11.9. The summed E-state index contributed by atoms with van der Waals surface area (Å²) in [5, 5.41) is 10.8. The highest BCUT2D eigenvalue weighted by Gasteiger charge is 2.22. The third-order valence-electron chi connectivity index (χ3n) is 9.25. The van der Waals surface area contributed by atoms with E-state index in [-0.39, 0.29) is 0 Å². The third kappa shape index (κ3) is 4.33. The summed E-state index contributed by atoms with van der Waals surface area (Å²) in [6, 6.07) is 53.4. The number of nitrogens with zero attached hydrogens (tertiary/aromatic N) is 2. The fourth-order valence-corrected chi connectivity index (χ4v) is 7.23. The predicted molar refractivity (Wildman–Crippen MR) is 197 cm³/mol. The molecular weight excluding hydrogens is 574 g/mol. The van der Waals surface area contributed by atoms with Gasteiger partial charge in [-0.25, -0.2) is 0 Å². The van der Waals surface area contributed by atoms with Crippen LogP contribution in [0.3, 0.4) is 0 Å². The Kier molecular flexibility index (Phi) is 6.39. The Bertz CT molecular complexity index is 2640. The number of para-hydroxylation sites is 3. The maximum Gasteiger partial charge on any atom is 0.144 e. The van der Waals surface area contributed by atoms with Crippen LogP contribution in [-0.2, 0) is 6.54 Å². The minimum Gasteiger partial charge on any atom is -0.455 e. The Balaban J connectivity index is 1.20. The largest absolute Gasteiger partial charge is 0.455 e. The van der Waals surface area contributed by atoms with Gasteiger partial charge in [-0.3, -0.25) is 4.99 Å². The van der Waals surface area contributed by atoms with Gasteiger partial charge in [0.15, 0.2) is 0 Å². The Labute approximate surface area is 272 Å². The number of benzene rings is 7. The number of furan rings is 1. The van der Waals surface area contributed by atoms with E-state index in [9.17, 15) is 0 Å². The molecule has 0 atom stereocenters. The van der Waals surface area contributed by atoms with Crippen molar-refractivity contribution in [3.63, 3.8) is 0 Å². The van der Waals surface area contributed by atoms with E-state index in [1.807, 2.05) is 19.2 Å². The lowest BCUT2D eigenvalue weighted by atomic mass is 9.99. The first-order valence-electron chi connectivity index (χ1n) is 16.0. The number of rotatable bonds is 6. The summed E-state index contributed by atoms with van der Waals surface area (Å²) < 4.78 is 9.00. The highest BCUT2D eigenvalue weighted by Crippen LogP contribution is 2.45. The summed E-state index contributed by atoms with van der Waals surface area (Å²) in [7, 11) is 1.86. The number of fused-ring (bicyclic) bond motifs is 10. The van der Waals surface area contributed by atoms with E-state index in [4.69, 9.17) is 4.42 Å². The second kappa shape index (κ2) is 11.0. The van der Waals surface area contributed by atoms with Gasteiger partial charge in [-0.15, -0.1) is 0 Å². The predicted octanol–water partition coefficient (Wildman–Crippen LogP) is 10.9. The number of aromatic nitrogens is 1. The van der Waals surface area contributed by atoms with Gasteiger partial charge in [0, 0.05) is 68.4 Å². The van der Waals surface area contributed by atoms with Crippen molar-refractivity contribution in [3.8, 4) is 5.69 Å². The lowest BCUT2D eigenvalue weighted by molar-refractivity contribution is 0.673. The van der Waals surface area contributed by atoms with Crippen molar-refractivity contribution >= 4 is 65.9 Å². The first-order valence-corrected chi connectivity index (χ1v) is 16.0. The van der Waals surface area contributed by atoms with Crippen molar-refractivity contribution in [1.29, 1.82) is 0 Å². The van der Waals surface area contributed by atoms with E-state index >= 15 is 0 Å². The average Bonchev–Trinajstić information content (AvgIpc) is 3.69. The lowest BCUT2D eigenvalue weighted by Crippen LogP contribution is -2.09. The van der Waals surface area contributed by atoms with E-state index < -0.39 is 0 Å². The van der Waals surface area contributed by atoms with Gasteiger partial charge in [0.2, 0.25) is 0 Å². The molecule has 9 aromatic rings. The van der Waals surface area contributed by atoms with Gasteiger partial charge in [-0.1, -0.05) is 121 Å². The van der Waals surface area contributed by atoms with Crippen LogP contribution in [0.4, 0.5) is 5.69 Å². The minimum atomic E-state index is 0.672. The number of nitrogens with one attached hydrogen (secondary N) is 1. The minimum absolute atomic E-state index is 0.672. The Morgan fingerprint density at radius 3 is 2.19 bits per heavy atom. The van der Waals surface area contributed by atoms with Crippen LogP contribution in [0.5, 0.6) is 0 Å². The van der Waals surface area contributed by atoms with Gasteiger partial charge >= 0.3 is 0 Å². The molecule has 4 nitrogen and oxygen atoms in total. The van der Waals surface area contributed by atoms with Crippen LogP contribution in [0.15, 0.2) is 161 Å². The molecule has 0 spiro atoms. The van der Waals surface area contributed by atoms with Gasteiger partial charge in [0.25, 0.3) is 0 Å². The summed E-state index contributed by atoms with van der Waals surface area (Å²) in [5.41, 5.74) is 10.8. The summed E-state index contributed by atoms with van der Waals surface area (Å²) in [4.78, 5) is 4.68. The van der Waals surface area contributed by atoms with Crippen LogP contribution < -0.4 is 5.32 Å². The lowest BCUT2D eigenvalue weighted by Gasteiger charge is -2.15. The molecule has 4 heteroatoms. The zero-order valence-corrected chi connectivity index (χ0v) is 25.9. The van der Waals surface area contributed by atoms with Gasteiger partial charge < -0.3 is 14.3 Å². The summed E-state index contributed by atoms with van der Waals surface area (Å²) in [5.74, 6) is 0. The molecule has 2 heterocycles. The summed E-state index contributed by atoms with van der Waals surface area (Å²) >= 11 is 0. The van der Waals surface area contributed by atoms with Crippen molar-refractivity contribution in [2.45, 2.75) is 6.54 Å². The Morgan fingerprint density at radius 1 is 0.638 bits per heavy atom. The molecule has 0 saturated heterocycles. The van der Waals surface area contributed by atoms with Crippen molar-refractivity contribution in [2.75, 3.05) is 12.4 Å². The van der Waals surface area contributed by atoms with Crippen LogP contribution in [0.25, 0.3) is 60.2 Å². The number of hydrogen-bond acceptors (Lipinski definition) is 3. The van der Waals surface area contributed by atoms with Crippen molar-refractivity contribution < 1.29 is 4.42 Å². The molecule has 0 fully saturated rings. The highest BCUT2D eigenvalue weighted by atomic mass is 16.3. The molecule has 0 aliphatic rings. The molecule has 0 aliphatic heterocycles. The zero-order chi connectivity index (χ0) is 31.3. The van der Waals surface area contributed by atoms with Crippen molar-refractivity contribution in [1.82, 2.24) is 4.57 Å². The fourth-order valence-electron chi connectivity index (χ4n) is 7.23. The normalized spacial score (nSPS) is 12.1.